The summed E-state index contributed by atoms with van der Waals surface area (Å²) in [6, 6.07) is 0. The van der Waals surface area contributed by atoms with E-state index in [4.69, 9.17) is 20.9 Å². The summed E-state index contributed by atoms with van der Waals surface area (Å²) < 4.78 is 12.0. The molecule has 136 valence electrons. The van der Waals surface area contributed by atoms with Gasteiger partial charge in [0.1, 0.15) is 16.2 Å². The van der Waals surface area contributed by atoms with Crippen molar-refractivity contribution in [3.63, 3.8) is 0 Å². The predicted molar refractivity (Wildman–Crippen MR) is 103 cm³/mol. The number of morpholine rings is 1. The lowest BCUT2D eigenvalue weighted by atomic mass is 10.1. The third-order valence-electron chi connectivity index (χ3n) is 4.11. The lowest BCUT2D eigenvalue weighted by Gasteiger charge is -2.37. The van der Waals surface area contributed by atoms with Crippen LogP contribution in [-0.2, 0) is 4.74 Å². The minimum absolute atomic E-state index is 0.0184. The molecule has 1 aliphatic heterocycles. The van der Waals surface area contributed by atoms with Crippen LogP contribution in [0, 0.1) is 0 Å². The van der Waals surface area contributed by atoms with Gasteiger partial charge in [-0.05, 0) is 29.8 Å². The van der Waals surface area contributed by atoms with Gasteiger partial charge < -0.3 is 14.2 Å². The Kier molecular flexibility index (Phi) is 4.72. The summed E-state index contributed by atoms with van der Waals surface area (Å²) in [4.78, 5) is 23.2. The zero-order valence-corrected chi connectivity index (χ0v) is 17.1. The molecule has 0 bridgehead atoms. The molecule has 10 heteroatoms. The van der Waals surface area contributed by atoms with Crippen LogP contribution in [0.4, 0.5) is 5.69 Å². The second-order valence-corrected chi connectivity index (χ2v) is 8.81. The number of anilines is 1. The number of rotatable bonds is 3. The number of hydrogen-bond acceptors (Lipinski definition) is 8. The molecule has 3 aromatic heterocycles. The Morgan fingerprint density at radius 3 is 2.73 bits per heavy atom. The van der Waals surface area contributed by atoms with Crippen LogP contribution in [0.5, 0.6) is 0 Å². The van der Waals surface area contributed by atoms with E-state index in [9.17, 15) is 4.79 Å². The summed E-state index contributed by atoms with van der Waals surface area (Å²) in [5.74, 6) is 0. The number of thiazole rings is 1. The molecule has 1 saturated heterocycles. The molecule has 0 amide bonds. The molecule has 0 N–H and O–H groups in total. The summed E-state index contributed by atoms with van der Waals surface area (Å²) in [5, 5.41) is 4.43. The number of pyridine rings is 1. The normalized spacial score (nSPS) is 20.7. The van der Waals surface area contributed by atoms with Crippen molar-refractivity contribution >= 4 is 61.9 Å². The minimum atomic E-state index is 0.0184. The van der Waals surface area contributed by atoms with E-state index in [1.54, 1.807) is 6.20 Å². The Morgan fingerprint density at radius 1 is 1.38 bits per heavy atom. The van der Waals surface area contributed by atoms with E-state index in [0.717, 1.165) is 8.79 Å². The first kappa shape index (κ1) is 17.8. The van der Waals surface area contributed by atoms with Crippen molar-refractivity contribution in [1.29, 1.82) is 0 Å². The highest BCUT2D eigenvalue weighted by atomic mass is 79.9. The maximum atomic E-state index is 11.8. The van der Waals surface area contributed by atoms with E-state index in [2.05, 4.69) is 31.1 Å². The van der Waals surface area contributed by atoms with Gasteiger partial charge in [0.05, 0.1) is 22.8 Å². The van der Waals surface area contributed by atoms with Gasteiger partial charge in [-0.1, -0.05) is 16.8 Å². The Balaban J connectivity index is 1.87. The van der Waals surface area contributed by atoms with Crippen molar-refractivity contribution in [1.82, 2.24) is 15.1 Å². The molecule has 0 saturated carbocycles. The van der Waals surface area contributed by atoms with Crippen molar-refractivity contribution in [3.8, 4) is 10.6 Å². The largest absolute Gasteiger partial charge is 0.372 e. The fourth-order valence-corrected chi connectivity index (χ4v) is 4.78. The SMILES string of the molecule is C[C@@H]1CN(c2c(C=O)nc3c(-c4cnc(Br)s4)noc3c2Cl)C[C@H](C)O1. The second-order valence-electron chi connectivity index (χ2n) is 6.13. The summed E-state index contributed by atoms with van der Waals surface area (Å²) >= 11 is 11.3. The van der Waals surface area contributed by atoms with E-state index >= 15 is 0 Å². The van der Waals surface area contributed by atoms with E-state index in [0.29, 0.717) is 46.9 Å². The van der Waals surface area contributed by atoms with Gasteiger partial charge in [-0.15, -0.1) is 11.3 Å². The summed E-state index contributed by atoms with van der Waals surface area (Å²) in [5.41, 5.74) is 2.15. The maximum Gasteiger partial charge on any atom is 0.206 e. The third kappa shape index (κ3) is 3.02. The molecule has 7 nitrogen and oxygen atoms in total. The van der Waals surface area contributed by atoms with Crippen molar-refractivity contribution in [3.05, 3.63) is 20.8 Å². The van der Waals surface area contributed by atoms with E-state index in [-0.39, 0.29) is 17.9 Å². The fraction of sp³-hybridized carbons (Fsp3) is 0.375. The first-order valence-corrected chi connectivity index (χ1v) is 9.92. The molecule has 1 aliphatic rings. The van der Waals surface area contributed by atoms with Gasteiger partial charge in [0.15, 0.2) is 15.9 Å². The van der Waals surface area contributed by atoms with Crippen LogP contribution in [-0.4, -0.2) is 46.7 Å². The Morgan fingerprint density at radius 2 is 2.12 bits per heavy atom. The van der Waals surface area contributed by atoms with Crippen molar-refractivity contribution in [2.45, 2.75) is 26.1 Å². The topological polar surface area (TPSA) is 81.4 Å². The summed E-state index contributed by atoms with van der Waals surface area (Å²) in [7, 11) is 0. The lowest BCUT2D eigenvalue weighted by molar-refractivity contribution is -0.00526. The number of carbonyl (C=O) groups is 1. The molecule has 2 atom stereocenters. The molecule has 4 heterocycles. The van der Waals surface area contributed by atoms with Crippen molar-refractivity contribution in [2.24, 2.45) is 0 Å². The standard InChI is InChI=1S/C16H14BrClN4O3S/c1-7-4-22(5-8(2)24-7)14-9(6-23)20-13-12(10-3-19-16(17)26-10)21-25-15(13)11(14)18/h3,6-8H,4-5H2,1-2H3/t7-,8+. The minimum Gasteiger partial charge on any atom is -0.372 e. The average molecular weight is 458 g/mol. The summed E-state index contributed by atoms with van der Waals surface area (Å²) in [6.07, 6.45) is 2.42. The van der Waals surface area contributed by atoms with Crippen molar-refractivity contribution < 1.29 is 14.1 Å². The first-order valence-electron chi connectivity index (χ1n) is 7.94. The number of aldehydes is 1. The van der Waals surface area contributed by atoms with Crippen LogP contribution in [0.1, 0.15) is 24.3 Å². The molecule has 1 fully saturated rings. The molecule has 0 aromatic carbocycles. The number of nitrogens with zero attached hydrogens (tertiary/aromatic N) is 4. The number of ether oxygens (including phenoxy) is 1. The first-order chi connectivity index (χ1) is 12.5. The highest BCUT2D eigenvalue weighted by Gasteiger charge is 2.29. The Labute approximate surface area is 166 Å². The molecule has 0 aliphatic carbocycles. The molecule has 3 aromatic rings. The lowest BCUT2D eigenvalue weighted by Crippen LogP contribution is -2.46. The highest BCUT2D eigenvalue weighted by molar-refractivity contribution is 9.11. The van der Waals surface area contributed by atoms with Crippen LogP contribution in [0.25, 0.3) is 21.7 Å². The van der Waals surface area contributed by atoms with Gasteiger partial charge in [0, 0.05) is 19.3 Å². The quantitative estimate of drug-likeness (QED) is 0.545. The molecule has 4 rings (SSSR count). The molecule has 0 spiro atoms. The number of hydrogen-bond donors (Lipinski definition) is 0. The second kappa shape index (κ2) is 6.88. The van der Waals surface area contributed by atoms with E-state index in [1.807, 2.05) is 18.7 Å². The average Bonchev–Trinajstić information content (AvgIpc) is 3.19. The molecule has 26 heavy (non-hydrogen) atoms. The maximum absolute atomic E-state index is 11.8. The van der Waals surface area contributed by atoms with Gasteiger partial charge in [-0.3, -0.25) is 4.79 Å². The third-order valence-corrected chi connectivity index (χ3v) is 5.94. The van der Waals surface area contributed by atoms with Crippen LogP contribution < -0.4 is 4.90 Å². The predicted octanol–water partition coefficient (Wildman–Crippen LogP) is 4.19. The van der Waals surface area contributed by atoms with Gasteiger partial charge in [0.2, 0.25) is 5.58 Å². The smallest absolute Gasteiger partial charge is 0.206 e. The Bertz CT molecular complexity index is 981. The number of aromatic nitrogens is 3. The monoisotopic (exact) mass is 456 g/mol. The molecular weight excluding hydrogens is 444 g/mol. The fourth-order valence-electron chi connectivity index (χ4n) is 3.19. The van der Waals surface area contributed by atoms with Gasteiger partial charge in [-0.25, -0.2) is 9.97 Å². The highest BCUT2D eigenvalue weighted by Crippen LogP contribution is 2.40. The Hall–Kier alpha value is -1.55. The van der Waals surface area contributed by atoms with Gasteiger partial charge >= 0.3 is 0 Å². The van der Waals surface area contributed by atoms with Crippen LogP contribution in [0.2, 0.25) is 5.02 Å². The molecule has 0 radical (unpaired) electrons. The summed E-state index contributed by atoms with van der Waals surface area (Å²) in [6.45, 7) is 5.19. The van der Waals surface area contributed by atoms with Gasteiger partial charge in [-0.2, -0.15) is 0 Å². The number of halogens is 2. The number of carbonyl (C=O) groups excluding carboxylic acids is 1. The van der Waals surface area contributed by atoms with Crippen molar-refractivity contribution in [2.75, 3.05) is 18.0 Å². The van der Waals surface area contributed by atoms with E-state index in [1.165, 1.54) is 11.3 Å². The van der Waals surface area contributed by atoms with Crippen LogP contribution in [0.15, 0.2) is 14.6 Å². The van der Waals surface area contributed by atoms with Crippen LogP contribution >= 0.6 is 38.9 Å². The van der Waals surface area contributed by atoms with E-state index < -0.39 is 0 Å². The molecule has 0 unspecified atom stereocenters. The number of fused-ring (bicyclic) bond motifs is 1. The van der Waals surface area contributed by atoms with Gasteiger partial charge in [0.25, 0.3) is 0 Å². The zero-order chi connectivity index (χ0) is 18.4. The molecular formula is C16H14BrClN4O3S. The van der Waals surface area contributed by atoms with Crippen LogP contribution in [0.3, 0.4) is 0 Å². The zero-order valence-electron chi connectivity index (χ0n) is 13.9.